The Balaban J connectivity index is 2.22. The van der Waals surface area contributed by atoms with E-state index in [-0.39, 0.29) is 40.2 Å². The third kappa shape index (κ3) is 4.56. The number of phenols is 1. The van der Waals surface area contributed by atoms with Crippen molar-refractivity contribution < 1.29 is 24.3 Å². The number of methoxy groups -OCH3 is 2. The fraction of sp³-hybridized carbons (Fsp3) is 0.304. The number of fused-ring (bicyclic) bond motifs is 1. The third-order valence-corrected chi connectivity index (χ3v) is 5.18. The summed E-state index contributed by atoms with van der Waals surface area (Å²) in [6.45, 7) is 1.98. The zero-order valence-corrected chi connectivity index (χ0v) is 18.1. The van der Waals surface area contributed by atoms with Crippen LogP contribution in [0.25, 0.3) is 10.9 Å². The zero-order chi connectivity index (χ0) is 23.3. The van der Waals surface area contributed by atoms with E-state index in [2.05, 4.69) is 10.3 Å². The molecule has 0 spiro atoms. The van der Waals surface area contributed by atoms with Crippen LogP contribution in [-0.2, 0) is 4.79 Å². The second-order valence-electron chi connectivity index (χ2n) is 7.21. The molecule has 168 valence electrons. The largest absolute Gasteiger partial charge is 0.505 e. The summed E-state index contributed by atoms with van der Waals surface area (Å²) in [5.41, 5.74) is 0.603. The topological polar surface area (TPSA) is 124 Å². The molecular formula is C23H25N3O6. The smallest absolute Gasteiger partial charge is 0.279 e. The highest BCUT2D eigenvalue weighted by atomic mass is 16.6. The molecule has 0 saturated carbocycles. The van der Waals surface area contributed by atoms with Gasteiger partial charge in [-0.1, -0.05) is 19.4 Å². The minimum Gasteiger partial charge on any atom is -0.505 e. The lowest BCUT2D eigenvalue weighted by Crippen LogP contribution is -2.29. The third-order valence-electron chi connectivity index (χ3n) is 5.18. The van der Waals surface area contributed by atoms with Gasteiger partial charge >= 0.3 is 0 Å². The van der Waals surface area contributed by atoms with E-state index < -0.39 is 11.0 Å². The van der Waals surface area contributed by atoms with Gasteiger partial charge in [-0.05, 0) is 36.2 Å². The molecule has 1 atom stereocenters. The Morgan fingerprint density at radius 3 is 2.62 bits per heavy atom. The molecule has 0 unspecified atom stereocenters. The standard InChI is InChI=1S/C23H25N3O6/c1-4-5-8-20(27)25-21(14-9-10-18(31-2)19(12-14)32-3)16-13-17(26(29)30)15-7-6-11-24-22(15)23(16)28/h6-7,9-13,21,28H,4-5,8H2,1-3H3,(H,25,27)/t21-/m0/s1. The van der Waals surface area contributed by atoms with Gasteiger partial charge in [0.1, 0.15) is 11.3 Å². The fourth-order valence-electron chi connectivity index (χ4n) is 3.55. The molecule has 0 fully saturated rings. The van der Waals surface area contributed by atoms with Gasteiger partial charge in [-0.2, -0.15) is 0 Å². The van der Waals surface area contributed by atoms with Crippen molar-refractivity contribution in [1.82, 2.24) is 10.3 Å². The second-order valence-corrected chi connectivity index (χ2v) is 7.21. The van der Waals surface area contributed by atoms with E-state index in [0.29, 0.717) is 23.5 Å². The molecule has 3 rings (SSSR count). The number of nitrogens with one attached hydrogen (secondary N) is 1. The molecule has 1 heterocycles. The number of nitrogens with zero attached hydrogens (tertiary/aromatic N) is 2. The molecule has 0 radical (unpaired) electrons. The number of pyridine rings is 1. The SMILES string of the molecule is CCCCC(=O)N[C@@H](c1ccc(OC)c(OC)c1)c1cc([N+](=O)[O-])c2cccnc2c1O. The number of hydrogen-bond donors (Lipinski definition) is 2. The van der Waals surface area contributed by atoms with Gasteiger partial charge in [-0.3, -0.25) is 19.9 Å². The van der Waals surface area contributed by atoms with Gasteiger partial charge in [0.15, 0.2) is 11.5 Å². The molecule has 2 aromatic carbocycles. The van der Waals surface area contributed by atoms with Gasteiger partial charge in [0.05, 0.1) is 30.6 Å². The first-order valence-electron chi connectivity index (χ1n) is 10.2. The van der Waals surface area contributed by atoms with Crippen LogP contribution >= 0.6 is 0 Å². The Labute approximate surface area is 185 Å². The minimum atomic E-state index is -0.871. The van der Waals surface area contributed by atoms with Gasteiger partial charge in [0.2, 0.25) is 5.91 Å². The van der Waals surface area contributed by atoms with Crippen molar-refractivity contribution in [2.24, 2.45) is 0 Å². The van der Waals surface area contributed by atoms with Crippen LogP contribution in [0.1, 0.15) is 43.4 Å². The summed E-state index contributed by atoms with van der Waals surface area (Å²) in [5.74, 6) is 0.435. The first-order valence-corrected chi connectivity index (χ1v) is 10.2. The summed E-state index contributed by atoms with van der Waals surface area (Å²) in [4.78, 5) is 28.0. The van der Waals surface area contributed by atoms with Crippen LogP contribution in [0.2, 0.25) is 0 Å². The number of phenolic OH excluding ortho intramolecular Hbond substituents is 1. The Morgan fingerprint density at radius 2 is 1.97 bits per heavy atom. The van der Waals surface area contributed by atoms with E-state index in [4.69, 9.17) is 9.47 Å². The number of unbranched alkanes of at least 4 members (excludes halogenated alkanes) is 1. The highest BCUT2D eigenvalue weighted by Gasteiger charge is 2.27. The average molecular weight is 439 g/mol. The summed E-state index contributed by atoms with van der Waals surface area (Å²) in [6, 6.07) is 8.54. The maximum atomic E-state index is 12.6. The summed E-state index contributed by atoms with van der Waals surface area (Å²) < 4.78 is 10.7. The maximum Gasteiger partial charge on any atom is 0.279 e. The van der Waals surface area contributed by atoms with E-state index >= 15 is 0 Å². The van der Waals surface area contributed by atoms with E-state index in [0.717, 1.165) is 6.42 Å². The summed E-state index contributed by atoms with van der Waals surface area (Å²) in [7, 11) is 2.99. The number of benzene rings is 2. The van der Waals surface area contributed by atoms with Crippen LogP contribution in [0.3, 0.4) is 0 Å². The minimum absolute atomic E-state index is 0.0879. The predicted molar refractivity (Wildman–Crippen MR) is 119 cm³/mol. The monoisotopic (exact) mass is 439 g/mol. The highest BCUT2D eigenvalue weighted by Crippen LogP contribution is 2.41. The molecule has 0 aliphatic heterocycles. The van der Waals surface area contributed by atoms with Crippen LogP contribution in [0.5, 0.6) is 17.2 Å². The number of nitro benzene ring substituents is 1. The first-order chi connectivity index (χ1) is 15.4. The molecule has 1 aromatic heterocycles. The molecule has 9 nitrogen and oxygen atoms in total. The Kier molecular flexibility index (Phi) is 7.09. The van der Waals surface area contributed by atoms with Gasteiger partial charge < -0.3 is 19.9 Å². The number of rotatable bonds is 9. The number of amides is 1. The van der Waals surface area contributed by atoms with Gasteiger partial charge in [0.25, 0.3) is 5.69 Å². The maximum absolute atomic E-state index is 12.6. The zero-order valence-electron chi connectivity index (χ0n) is 18.1. The average Bonchev–Trinajstić information content (AvgIpc) is 2.81. The molecular weight excluding hydrogens is 414 g/mol. The predicted octanol–water partition coefficient (Wildman–Crippen LogP) is 4.26. The Morgan fingerprint density at radius 1 is 1.22 bits per heavy atom. The molecule has 0 bridgehead atoms. The van der Waals surface area contributed by atoms with Crippen LogP contribution in [0.4, 0.5) is 5.69 Å². The lowest BCUT2D eigenvalue weighted by atomic mass is 9.94. The number of carbonyl (C=O) groups excluding carboxylic acids is 1. The first kappa shape index (κ1) is 22.8. The number of aromatic hydroxyl groups is 1. The molecule has 0 saturated heterocycles. The number of nitro groups is 1. The van der Waals surface area contributed by atoms with Crippen molar-refractivity contribution in [2.75, 3.05) is 14.2 Å². The van der Waals surface area contributed by atoms with Crippen molar-refractivity contribution in [1.29, 1.82) is 0 Å². The summed E-state index contributed by atoms with van der Waals surface area (Å²) >= 11 is 0. The highest BCUT2D eigenvalue weighted by molar-refractivity contribution is 5.94. The van der Waals surface area contributed by atoms with Gasteiger partial charge in [0, 0.05) is 24.2 Å². The summed E-state index contributed by atoms with van der Waals surface area (Å²) in [6.07, 6.45) is 3.26. The normalized spacial score (nSPS) is 11.7. The number of hydrogen-bond acceptors (Lipinski definition) is 7. The number of ether oxygens (including phenoxy) is 2. The molecule has 32 heavy (non-hydrogen) atoms. The van der Waals surface area contributed by atoms with Crippen molar-refractivity contribution in [3.63, 3.8) is 0 Å². The molecule has 0 aliphatic rings. The molecule has 1 amide bonds. The Bertz CT molecular complexity index is 1150. The van der Waals surface area contributed by atoms with Crippen molar-refractivity contribution in [2.45, 2.75) is 32.2 Å². The quantitative estimate of drug-likeness (QED) is 0.377. The van der Waals surface area contributed by atoms with Crippen molar-refractivity contribution in [3.8, 4) is 17.2 Å². The van der Waals surface area contributed by atoms with Crippen LogP contribution in [-0.4, -0.2) is 35.1 Å². The molecule has 3 aromatic rings. The van der Waals surface area contributed by atoms with Crippen LogP contribution < -0.4 is 14.8 Å². The van der Waals surface area contributed by atoms with Crippen LogP contribution in [0, 0.1) is 10.1 Å². The Hall–Kier alpha value is -3.88. The lowest BCUT2D eigenvalue weighted by molar-refractivity contribution is -0.383. The molecule has 9 heteroatoms. The van der Waals surface area contributed by atoms with E-state index in [9.17, 15) is 20.0 Å². The number of carbonyl (C=O) groups is 1. The van der Waals surface area contributed by atoms with E-state index in [1.54, 1.807) is 24.3 Å². The fourth-order valence-corrected chi connectivity index (χ4v) is 3.55. The molecule has 2 N–H and O–H groups in total. The second kappa shape index (κ2) is 9.95. The van der Waals surface area contributed by atoms with Crippen molar-refractivity contribution >= 4 is 22.5 Å². The van der Waals surface area contributed by atoms with E-state index in [1.165, 1.54) is 32.5 Å². The van der Waals surface area contributed by atoms with Gasteiger partial charge in [-0.25, -0.2) is 0 Å². The van der Waals surface area contributed by atoms with Gasteiger partial charge in [-0.15, -0.1) is 0 Å². The van der Waals surface area contributed by atoms with E-state index in [1.807, 2.05) is 6.92 Å². The van der Waals surface area contributed by atoms with Crippen LogP contribution in [0.15, 0.2) is 42.6 Å². The van der Waals surface area contributed by atoms with Crippen molar-refractivity contribution in [3.05, 3.63) is 63.8 Å². The number of aromatic nitrogens is 1. The summed E-state index contributed by atoms with van der Waals surface area (Å²) in [5, 5.41) is 25.9. The lowest BCUT2D eigenvalue weighted by Gasteiger charge is -2.22. The molecule has 0 aliphatic carbocycles. The number of non-ortho nitro benzene ring substituents is 1.